The van der Waals surface area contributed by atoms with E-state index in [0.29, 0.717) is 5.41 Å². The SMILES string of the molecule is CCCOC(C)(C)CC(C)(C)CCC(C)Cl. The summed E-state index contributed by atoms with van der Waals surface area (Å²) in [5.74, 6) is 0. The Morgan fingerprint density at radius 1 is 1.19 bits per heavy atom. The largest absolute Gasteiger partial charge is 0.376 e. The second-order valence-corrected chi connectivity index (χ2v) is 7.01. The molecule has 2 heteroatoms. The van der Waals surface area contributed by atoms with E-state index in [0.717, 1.165) is 32.3 Å². The maximum Gasteiger partial charge on any atom is 0.0631 e. The molecule has 0 amide bonds. The van der Waals surface area contributed by atoms with Crippen molar-refractivity contribution in [3.63, 3.8) is 0 Å². The molecule has 0 spiro atoms. The molecular formula is C14H29ClO. The van der Waals surface area contributed by atoms with Crippen molar-refractivity contribution in [3.8, 4) is 0 Å². The molecule has 0 aromatic heterocycles. The number of hydrogen-bond acceptors (Lipinski definition) is 1. The second-order valence-electron chi connectivity index (χ2n) is 6.27. The van der Waals surface area contributed by atoms with Crippen LogP contribution in [0.1, 0.15) is 67.2 Å². The number of rotatable bonds is 8. The van der Waals surface area contributed by atoms with E-state index in [9.17, 15) is 0 Å². The Morgan fingerprint density at radius 3 is 2.19 bits per heavy atom. The monoisotopic (exact) mass is 248 g/mol. The normalized spacial score (nSPS) is 15.2. The minimum absolute atomic E-state index is 0.0188. The number of ether oxygens (including phenoxy) is 1. The van der Waals surface area contributed by atoms with Crippen LogP contribution in [0.25, 0.3) is 0 Å². The number of halogens is 1. The van der Waals surface area contributed by atoms with E-state index in [1.165, 1.54) is 0 Å². The van der Waals surface area contributed by atoms with Crippen LogP contribution in [-0.4, -0.2) is 17.6 Å². The molecule has 98 valence electrons. The molecule has 16 heavy (non-hydrogen) atoms. The summed E-state index contributed by atoms with van der Waals surface area (Å²) in [6.45, 7) is 14.1. The number of alkyl halides is 1. The third-order valence-electron chi connectivity index (χ3n) is 2.82. The van der Waals surface area contributed by atoms with Gasteiger partial charge < -0.3 is 4.74 Å². The molecular weight excluding hydrogens is 220 g/mol. The van der Waals surface area contributed by atoms with Crippen molar-refractivity contribution in [3.05, 3.63) is 0 Å². The molecule has 1 atom stereocenters. The molecule has 0 aromatic rings. The van der Waals surface area contributed by atoms with Crippen LogP contribution in [0.15, 0.2) is 0 Å². The van der Waals surface area contributed by atoms with Crippen LogP contribution in [0.5, 0.6) is 0 Å². The maximum atomic E-state index is 6.01. The fourth-order valence-electron chi connectivity index (χ4n) is 2.26. The first kappa shape index (κ1) is 16.2. The third kappa shape index (κ3) is 8.41. The Labute approximate surface area is 107 Å². The van der Waals surface area contributed by atoms with Gasteiger partial charge in [0.15, 0.2) is 0 Å². The van der Waals surface area contributed by atoms with Crippen molar-refractivity contribution in [2.45, 2.75) is 78.2 Å². The highest BCUT2D eigenvalue weighted by molar-refractivity contribution is 6.20. The Morgan fingerprint density at radius 2 is 1.75 bits per heavy atom. The highest BCUT2D eigenvalue weighted by Gasteiger charge is 2.29. The second kappa shape index (κ2) is 6.86. The van der Waals surface area contributed by atoms with Gasteiger partial charge >= 0.3 is 0 Å². The molecule has 0 heterocycles. The molecule has 0 aliphatic carbocycles. The third-order valence-corrected chi connectivity index (χ3v) is 3.04. The minimum Gasteiger partial charge on any atom is -0.376 e. The van der Waals surface area contributed by atoms with E-state index in [2.05, 4.69) is 41.5 Å². The molecule has 0 aromatic carbocycles. The molecule has 0 fully saturated rings. The standard InChI is InChI=1S/C14H29ClO/c1-7-10-16-14(5,6)11-13(3,4)9-8-12(2)15/h12H,7-11H2,1-6H3. The quantitative estimate of drug-likeness (QED) is 0.549. The van der Waals surface area contributed by atoms with Gasteiger partial charge in [0.2, 0.25) is 0 Å². The molecule has 0 saturated carbocycles. The van der Waals surface area contributed by atoms with Crippen molar-refractivity contribution in [1.29, 1.82) is 0 Å². The summed E-state index contributed by atoms with van der Waals surface area (Å²) in [6, 6.07) is 0. The molecule has 0 saturated heterocycles. The van der Waals surface area contributed by atoms with Gasteiger partial charge in [-0.3, -0.25) is 0 Å². The zero-order valence-corrected chi connectivity index (χ0v) is 12.7. The summed E-state index contributed by atoms with van der Waals surface area (Å²) in [4.78, 5) is 0. The molecule has 0 rings (SSSR count). The van der Waals surface area contributed by atoms with Crippen LogP contribution in [0.2, 0.25) is 0 Å². The van der Waals surface area contributed by atoms with E-state index in [-0.39, 0.29) is 11.0 Å². The lowest BCUT2D eigenvalue weighted by atomic mass is 9.78. The first-order chi connectivity index (χ1) is 7.18. The van der Waals surface area contributed by atoms with E-state index in [1.54, 1.807) is 0 Å². The van der Waals surface area contributed by atoms with Gasteiger partial charge in [-0.05, 0) is 51.9 Å². The van der Waals surface area contributed by atoms with E-state index in [4.69, 9.17) is 16.3 Å². The van der Waals surface area contributed by atoms with Crippen LogP contribution < -0.4 is 0 Å². The first-order valence-electron chi connectivity index (χ1n) is 6.46. The Balaban J connectivity index is 4.11. The minimum atomic E-state index is -0.0188. The van der Waals surface area contributed by atoms with Crippen LogP contribution >= 0.6 is 11.6 Å². The lowest BCUT2D eigenvalue weighted by Crippen LogP contribution is -2.32. The lowest BCUT2D eigenvalue weighted by molar-refractivity contribution is -0.0470. The number of hydrogen-bond donors (Lipinski definition) is 0. The molecule has 0 aliphatic heterocycles. The molecule has 1 unspecified atom stereocenters. The fraction of sp³-hybridized carbons (Fsp3) is 1.00. The Hall–Kier alpha value is 0.250. The van der Waals surface area contributed by atoms with Crippen LogP contribution in [0.4, 0.5) is 0 Å². The van der Waals surface area contributed by atoms with Crippen molar-refractivity contribution in [2.24, 2.45) is 5.41 Å². The van der Waals surface area contributed by atoms with Gasteiger partial charge in [0.1, 0.15) is 0 Å². The Kier molecular flexibility index (Phi) is 6.96. The van der Waals surface area contributed by atoms with Crippen molar-refractivity contribution in [1.82, 2.24) is 0 Å². The van der Waals surface area contributed by atoms with E-state index < -0.39 is 0 Å². The summed E-state index contributed by atoms with van der Waals surface area (Å²) >= 11 is 6.01. The van der Waals surface area contributed by atoms with Gasteiger partial charge in [0.05, 0.1) is 5.60 Å². The van der Waals surface area contributed by atoms with E-state index in [1.807, 2.05) is 0 Å². The smallest absolute Gasteiger partial charge is 0.0631 e. The van der Waals surface area contributed by atoms with Gasteiger partial charge in [-0.1, -0.05) is 20.8 Å². The predicted octanol–water partition coefficient (Wildman–Crippen LogP) is 5.02. The van der Waals surface area contributed by atoms with Crippen molar-refractivity contribution in [2.75, 3.05) is 6.61 Å². The predicted molar refractivity (Wildman–Crippen MR) is 73.3 cm³/mol. The highest BCUT2D eigenvalue weighted by Crippen LogP contribution is 2.35. The lowest BCUT2D eigenvalue weighted by Gasteiger charge is -2.35. The molecule has 0 N–H and O–H groups in total. The zero-order chi connectivity index (χ0) is 12.8. The zero-order valence-electron chi connectivity index (χ0n) is 11.9. The van der Waals surface area contributed by atoms with Crippen LogP contribution in [-0.2, 0) is 4.74 Å². The molecule has 1 nitrogen and oxygen atoms in total. The van der Waals surface area contributed by atoms with E-state index >= 15 is 0 Å². The topological polar surface area (TPSA) is 9.23 Å². The van der Waals surface area contributed by atoms with Crippen molar-refractivity contribution >= 4 is 11.6 Å². The average molecular weight is 249 g/mol. The molecule has 0 aliphatic rings. The highest BCUT2D eigenvalue weighted by atomic mass is 35.5. The van der Waals surface area contributed by atoms with Crippen molar-refractivity contribution < 1.29 is 4.74 Å². The first-order valence-corrected chi connectivity index (χ1v) is 6.90. The molecule has 0 bridgehead atoms. The van der Waals surface area contributed by atoms with Gasteiger partial charge in [0, 0.05) is 12.0 Å². The molecule has 0 radical (unpaired) electrons. The fourth-order valence-corrected chi connectivity index (χ4v) is 2.37. The summed E-state index contributed by atoms with van der Waals surface area (Å²) < 4.78 is 5.89. The Bertz CT molecular complexity index is 185. The summed E-state index contributed by atoms with van der Waals surface area (Å²) in [6.07, 6.45) is 4.42. The van der Waals surface area contributed by atoms with Crippen LogP contribution in [0.3, 0.4) is 0 Å². The average Bonchev–Trinajstić information content (AvgIpc) is 2.10. The van der Waals surface area contributed by atoms with Gasteiger partial charge in [-0.25, -0.2) is 0 Å². The maximum absolute atomic E-state index is 6.01. The van der Waals surface area contributed by atoms with Gasteiger partial charge in [-0.15, -0.1) is 11.6 Å². The van der Waals surface area contributed by atoms with Crippen LogP contribution in [0, 0.1) is 5.41 Å². The van der Waals surface area contributed by atoms with Gasteiger partial charge in [-0.2, -0.15) is 0 Å². The summed E-state index contributed by atoms with van der Waals surface area (Å²) in [5.41, 5.74) is 0.287. The summed E-state index contributed by atoms with van der Waals surface area (Å²) in [7, 11) is 0. The van der Waals surface area contributed by atoms with Gasteiger partial charge in [0.25, 0.3) is 0 Å². The summed E-state index contributed by atoms with van der Waals surface area (Å²) in [5, 5.41) is 0.277.